The molecule has 32 heavy (non-hydrogen) atoms. The van der Waals surface area contributed by atoms with Crippen molar-refractivity contribution in [3.8, 4) is 11.6 Å². The summed E-state index contributed by atoms with van der Waals surface area (Å²) in [4.78, 5) is 26.9. The number of aryl methyl sites for hydroxylation is 1. The number of H-pyrrole nitrogens is 1. The minimum Gasteiger partial charge on any atom is -0.429 e. The van der Waals surface area contributed by atoms with E-state index in [9.17, 15) is 9.18 Å². The molecule has 160 valence electrons. The number of aromatic amines is 1. The summed E-state index contributed by atoms with van der Waals surface area (Å²) < 4.78 is 23.1. The van der Waals surface area contributed by atoms with Crippen LogP contribution in [0.25, 0.3) is 17.1 Å². The van der Waals surface area contributed by atoms with Crippen molar-refractivity contribution in [2.75, 3.05) is 6.54 Å². The zero-order chi connectivity index (χ0) is 21.8. The standard InChI is InChI=1S/C21H17FN8O2/c1-28-7-4-14(26-28)20-23-10-17(32-20)21(31)29-8-5-13-18(25-11-24-13)19(29)15-9-16-12(22)3-2-6-30(16)27-15/h2-4,6-7,9-11,19H,5,8H2,1H3,(H,24,25)/t19-/m0/s1. The van der Waals surface area contributed by atoms with Crippen molar-refractivity contribution in [2.45, 2.75) is 12.5 Å². The Morgan fingerprint density at radius 3 is 2.97 bits per heavy atom. The van der Waals surface area contributed by atoms with Crippen molar-refractivity contribution >= 4 is 11.4 Å². The van der Waals surface area contributed by atoms with Crippen LogP contribution in [0.15, 0.2) is 53.6 Å². The number of pyridine rings is 1. The Kier molecular flexibility index (Phi) is 3.97. The third-order valence-electron chi connectivity index (χ3n) is 5.58. The minimum absolute atomic E-state index is 0.0876. The average molecular weight is 432 g/mol. The number of hydrogen-bond acceptors (Lipinski definition) is 6. The van der Waals surface area contributed by atoms with Crippen LogP contribution in [0.5, 0.6) is 0 Å². The molecule has 1 aliphatic heterocycles. The maximum Gasteiger partial charge on any atom is 0.292 e. The number of hydrogen-bond donors (Lipinski definition) is 1. The van der Waals surface area contributed by atoms with Gasteiger partial charge in [0, 0.05) is 38.1 Å². The lowest BCUT2D eigenvalue weighted by Gasteiger charge is -2.33. The second kappa shape index (κ2) is 6.87. The molecule has 1 atom stereocenters. The third kappa shape index (κ3) is 2.82. The second-order valence-electron chi connectivity index (χ2n) is 7.58. The number of halogens is 1. The van der Waals surface area contributed by atoms with Crippen LogP contribution in [-0.4, -0.2) is 51.7 Å². The highest BCUT2D eigenvalue weighted by Gasteiger charge is 2.37. The Balaban J connectivity index is 1.41. The van der Waals surface area contributed by atoms with Crippen LogP contribution in [0.1, 0.15) is 33.7 Å². The first kappa shape index (κ1) is 18.5. The number of carbonyl (C=O) groups is 1. The fourth-order valence-electron chi connectivity index (χ4n) is 4.09. The summed E-state index contributed by atoms with van der Waals surface area (Å²) >= 11 is 0. The minimum atomic E-state index is -0.597. The maximum atomic E-state index is 14.3. The van der Waals surface area contributed by atoms with Gasteiger partial charge in [-0.3, -0.25) is 9.48 Å². The first-order valence-corrected chi connectivity index (χ1v) is 10.0. The summed E-state index contributed by atoms with van der Waals surface area (Å²) in [6, 6.07) is 5.75. The number of imidazole rings is 1. The molecule has 10 nitrogen and oxygen atoms in total. The maximum absolute atomic E-state index is 14.3. The largest absolute Gasteiger partial charge is 0.429 e. The van der Waals surface area contributed by atoms with E-state index in [0.29, 0.717) is 35.6 Å². The molecule has 1 amide bonds. The van der Waals surface area contributed by atoms with Gasteiger partial charge in [0.15, 0.2) is 0 Å². The molecule has 5 aromatic rings. The molecule has 0 spiro atoms. The van der Waals surface area contributed by atoms with Gasteiger partial charge in [0.1, 0.15) is 23.1 Å². The molecule has 5 aromatic heterocycles. The predicted octanol–water partition coefficient (Wildman–Crippen LogP) is 2.37. The fourth-order valence-corrected chi connectivity index (χ4v) is 4.09. The van der Waals surface area contributed by atoms with Crippen molar-refractivity contribution in [3.05, 3.63) is 77.8 Å². The predicted molar refractivity (Wildman–Crippen MR) is 109 cm³/mol. The topological polar surface area (TPSA) is 110 Å². The van der Waals surface area contributed by atoms with E-state index in [0.717, 1.165) is 5.69 Å². The van der Waals surface area contributed by atoms with E-state index in [1.807, 2.05) is 0 Å². The number of aromatic nitrogens is 7. The Labute approximate surface area is 180 Å². The number of amides is 1. The Morgan fingerprint density at radius 1 is 1.25 bits per heavy atom. The molecule has 6 heterocycles. The molecule has 0 fully saturated rings. The van der Waals surface area contributed by atoms with Gasteiger partial charge in [-0.15, -0.1) is 0 Å². The number of nitrogens with one attached hydrogen (secondary N) is 1. The summed E-state index contributed by atoms with van der Waals surface area (Å²) in [5.74, 6) is -0.393. The van der Waals surface area contributed by atoms with E-state index in [-0.39, 0.29) is 17.6 Å². The molecular weight excluding hydrogens is 415 g/mol. The fraction of sp³-hybridized carbons (Fsp3) is 0.190. The van der Waals surface area contributed by atoms with Crippen LogP contribution in [0.3, 0.4) is 0 Å². The van der Waals surface area contributed by atoms with Crippen molar-refractivity contribution in [2.24, 2.45) is 7.05 Å². The monoisotopic (exact) mass is 432 g/mol. The van der Waals surface area contributed by atoms with Gasteiger partial charge in [0.2, 0.25) is 11.7 Å². The summed E-state index contributed by atoms with van der Waals surface area (Å²) in [7, 11) is 1.79. The second-order valence-corrected chi connectivity index (χ2v) is 7.58. The van der Waals surface area contributed by atoms with E-state index in [1.165, 1.54) is 16.8 Å². The molecule has 0 saturated heterocycles. The molecule has 1 N–H and O–H groups in total. The normalized spacial score (nSPS) is 15.9. The highest BCUT2D eigenvalue weighted by Crippen LogP contribution is 2.34. The Bertz CT molecular complexity index is 1460. The molecule has 0 aromatic carbocycles. The van der Waals surface area contributed by atoms with Crippen molar-refractivity contribution < 1.29 is 13.6 Å². The van der Waals surface area contributed by atoms with E-state index in [1.54, 1.807) is 53.5 Å². The zero-order valence-electron chi connectivity index (χ0n) is 16.9. The first-order valence-electron chi connectivity index (χ1n) is 10.0. The molecule has 0 aliphatic carbocycles. The van der Waals surface area contributed by atoms with E-state index < -0.39 is 11.9 Å². The molecule has 0 saturated carbocycles. The van der Waals surface area contributed by atoms with Crippen LogP contribution >= 0.6 is 0 Å². The van der Waals surface area contributed by atoms with Crippen LogP contribution in [-0.2, 0) is 13.5 Å². The summed E-state index contributed by atoms with van der Waals surface area (Å²) in [5.41, 5.74) is 2.98. The molecular formula is C21H17FN8O2. The van der Waals surface area contributed by atoms with E-state index in [2.05, 4.69) is 25.1 Å². The Hall–Kier alpha value is -4.28. The number of carbonyl (C=O) groups excluding carboxylic acids is 1. The SMILES string of the molecule is Cn1ccc(-c2ncc(C(=O)N3CCc4[nH]cnc4[C@@H]3c3cc4c(F)cccn4n3)o2)n1. The number of fused-ring (bicyclic) bond motifs is 2. The molecule has 1 aliphatic rings. The summed E-state index contributed by atoms with van der Waals surface area (Å²) in [6.07, 6.45) is 7.02. The highest BCUT2D eigenvalue weighted by molar-refractivity contribution is 5.92. The zero-order valence-corrected chi connectivity index (χ0v) is 16.9. The van der Waals surface area contributed by atoms with E-state index in [4.69, 9.17) is 4.42 Å². The summed E-state index contributed by atoms with van der Waals surface area (Å²) in [5, 5.41) is 8.78. The van der Waals surface area contributed by atoms with Crippen LogP contribution in [0.2, 0.25) is 0 Å². The molecule has 6 rings (SSSR count). The first-order chi connectivity index (χ1) is 15.6. The lowest BCUT2D eigenvalue weighted by molar-refractivity contribution is 0.0655. The van der Waals surface area contributed by atoms with Gasteiger partial charge in [-0.1, -0.05) is 0 Å². The Morgan fingerprint density at radius 2 is 2.16 bits per heavy atom. The molecule has 0 radical (unpaired) electrons. The third-order valence-corrected chi connectivity index (χ3v) is 5.58. The van der Waals surface area contributed by atoms with Crippen molar-refractivity contribution in [3.63, 3.8) is 0 Å². The van der Waals surface area contributed by atoms with Crippen molar-refractivity contribution in [1.29, 1.82) is 0 Å². The lowest BCUT2D eigenvalue weighted by atomic mass is 9.99. The van der Waals surface area contributed by atoms with Crippen molar-refractivity contribution in [1.82, 2.24) is 39.2 Å². The molecule has 0 bridgehead atoms. The molecule has 11 heteroatoms. The van der Waals surface area contributed by atoms with Gasteiger partial charge in [0.25, 0.3) is 5.91 Å². The molecule has 0 unspecified atom stereocenters. The quantitative estimate of drug-likeness (QED) is 0.469. The van der Waals surface area contributed by atoms with Crippen LogP contribution in [0.4, 0.5) is 4.39 Å². The van der Waals surface area contributed by atoms with Gasteiger partial charge in [0.05, 0.1) is 23.9 Å². The van der Waals surface area contributed by atoms with Gasteiger partial charge in [-0.2, -0.15) is 10.2 Å². The highest BCUT2D eigenvalue weighted by atomic mass is 19.1. The van der Waals surface area contributed by atoms with Gasteiger partial charge in [-0.25, -0.2) is 18.9 Å². The summed E-state index contributed by atoms with van der Waals surface area (Å²) in [6.45, 7) is 0.411. The van der Waals surface area contributed by atoms with Gasteiger partial charge in [-0.05, 0) is 24.3 Å². The van der Waals surface area contributed by atoms with Gasteiger partial charge < -0.3 is 14.3 Å². The van der Waals surface area contributed by atoms with Gasteiger partial charge >= 0.3 is 0 Å². The lowest BCUT2D eigenvalue weighted by Crippen LogP contribution is -2.40. The number of nitrogens with zero attached hydrogens (tertiary/aromatic N) is 7. The number of rotatable bonds is 3. The number of oxazole rings is 1. The van der Waals surface area contributed by atoms with Crippen LogP contribution in [0, 0.1) is 5.82 Å². The smallest absolute Gasteiger partial charge is 0.292 e. The average Bonchev–Trinajstić information content (AvgIpc) is 3.57. The van der Waals surface area contributed by atoms with Crippen LogP contribution < -0.4 is 0 Å². The van der Waals surface area contributed by atoms with E-state index >= 15 is 0 Å².